The van der Waals surface area contributed by atoms with Crippen molar-refractivity contribution >= 4 is 6.08 Å². The Morgan fingerprint density at radius 2 is 2.50 bits per heavy atom. The first-order chi connectivity index (χ1) is 4.93. The third kappa shape index (κ3) is 2.07. The Balaban J connectivity index is 2.40. The van der Waals surface area contributed by atoms with Crippen molar-refractivity contribution in [1.82, 2.24) is 4.98 Å². The van der Waals surface area contributed by atoms with E-state index in [9.17, 15) is 0 Å². The maximum absolute atomic E-state index is 5.31. The van der Waals surface area contributed by atoms with E-state index < -0.39 is 0 Å². The van der Waals surface area contributed by atoms with Crippen LogP contribution in [0.1, 0.15) is 12.1 Å². The van der Waals surface area contributed by atoms with Crippen molar-refractivity contribution in [2.45, 2.75) is 6.42 Å². The lowest BCUT2D eigenvalue weighted by molar-refractivity contribution is 1.01. The Bertz CT molecular complexity index is 187. The van der Waals surface area contributed by atoms with Crippen LogP contribution in [0.3, 0.4) is 0 Å². The van der Waals surface area contributed by atoms with Crippen molar-refractivity contribution in [3.8, 4) is 0 Å². The van der Waals surface area contributed by atoms with E-state index in [1.807, 2.05) is 24.4 Å². The molecule has 2 heteroatoms. The summed E-state index contributed by atoms with van der Waals surface area (Å²) in [6.07, 6.45) is 6.94. The van der Waals surface area contributed by atoms with Gasteiger partial charge in [-0.1, -0.05) is 6.08 Å². The van der Waals surface area contributed by atoms with E-state index in [0.717, 1.165) is 18.7 Å². The lowest BCUT2D eigenvalue weighted by atomic mass is 10.3. The summed E-state index contributed by atoms with van der Waals surface area (Å²) in [7, 11) is 0. The summed E-state index contributed by atoms with van der Waals surface area (Å²) < 4.78 is 0. The maximum atomic E-state index is 5.31. The lowest BCUT2D eigenvalue weighted by Gasteiger charge is -1.84. The number of hydrogen-bond donors (Lipinski definition) is 2. The summed E-state index contributed by atoms with van der Waals surface area (Å²) >= 11 is 0. The molecule has 0 unspecified atom stereocenters. The highest BCUT2D eigenvalue weighted by atomic mass is 14.7. The molecule has 54 valence electrons. The van der Waals surface area contributed by atoms with Crippen molar-refractivity contribution in [3.05, 3.63) is 30.1 Å². The van der Waals surface area contributed by atoms with Crippen LogP contribution in [0.15, 0.2) is 24.4 Å². The SMILES string of the molecule is NCC/C=C/c1ccc[nH]1. The van der Waals surface area contributed by atoms with Gasteiger partial charge in [0.1, 0.15) is 0 Å². The molecule has 0 aromatic carbocycles. The van der Waals surface area contributed by atoms with Crippen LogP contribution in [0.5, 0.6) is 0 Å². The molecular weight excluding hydrogens is 124 g/mol. The lowest BCUT2D eigenvalue weighted by Crippen LogP contribution is -1.94. The zero-order valence-corrected chi connectivity index (χ0v) is 5.88. The molecule has 0 aliphatic rings. The third-order valence-electron chi connectivity index (χ3n) is 1.25. The van der Waals surface area contributed by atoms with Crippen LogP contribution >= 0.6 is 0 Å². The van der Waals surface area contributed by atoms with Gasteiger partial charge in [-0.2, -0.15) is 0 Å². The average Bonchev–Trinajstić information content (AvgIpc) is 2.41. The quantitative estimate of drug-likeness (QED) is 0.647. The molecule has 2 nitrogen and oxygen atoms in total. The van der Waals surface area contributed by atoms with Crippen molar-refractivity contribution in [2.24, 2.45) is 5.73 Å². The smallest absolute Gasteiger partial charge is 0.0377 e. The second kappa shape index (κ2) is 3.90. The summed E-state index contributed by atoms with van der Waals surface area (Å²) in [6.45, 7) is 0.719. The van der Waals surface area contributed by atoms with Crippen molar-refractivity contribution < 1.29 is 0 Å². The Morgan fingerprint density at radius 3 is 3.10 bits per heavy atom. The van der Waals surface area contributed by atoms with Gasteiger partial charge >= 0.3 is 0 Å². The number of nitrogens with one attached hydrogen (secondary N) is 1. The summed E-state index contributed by atoms with van der Waals surface area (Å²) in [5.74, 6) is 0. The second-order valence-corrected chi connectivity index (χ2v) is 2.11. The van der Waals surface area contributed by atoms with Crippen LogP contribution in [-0.2, 0) is 0 Å². The summed E-state index contributed by atoms with van der Waals surface area (Å²) in [5.41, 5.74) is 6.44. The Kier molecular flexibility index (Phi) is 2.77. The van der Waals surface area contributed by atoms with E-state index in [1.165, 1.54) is 0 Å². The molecule has 1 aromatic rings. The molecule has 0 aliphatic carbocycles. The monoisotopic (exact) mass is 136 g/mol. The average molecular weight is 136 g/mol. The molecule has 0 spiro atoms. The van der Waals surface area contributed by atoms with Gasteiger partial charge < -0.3 is 10.7 Å². The van der Waals surface area contributed by atoms with Gasteiger partial charge in [0.05, 0.1) is 0 Å². The fourth-order valence-electron chi connectivity index (χ4n) is 0.754. The normalized spacial score (nSPS) is 10.9. The second-order valence-electron chi connectivity index (χ2n) is 2.11. The first-order valence-electron chi connectivity index (χ1n) is 3.43. The van der Waals surface area contributed by atoms with Gasteiger partial charge in [-0.25, -0.2) is 0 Å². The Morgan fingerprint density at radius 1 is 1.60 bits per heavy atom. The van der Waals surface area contributed by atoms with Crippen LogP contribution < -0.4 is 5.73 Å². The van der Waals surface area contributed by atoms with Gasteiger partial charge in [0, 0.05) is 11.9 Å². The van der Waals surface area contributed by atoms with Gasteiger partial charge in [-0.3, -0.25) is 0 Å². The van der Waals surface area contributed by atoms with E-state index in [2.05, 4.69) is 11.1 Å². The highest BCUT2D eigenvalue weighted by molar-refractivity contribution is 5.43. The maximum Gasteiger partial charge on any atom is 0.0377 e. The summed E-state index contributed by atoms with van der Waals surface area (Å²) in [5, 5.41) is 0. The van der Waals surface area contributed by atoms with Crippen LogP contribution in [0.4, 0.5) is 0 Å². The first kappa shape index (κ1) is 7.09. The topological polar surface area (TPSA) is 41.8 Å². The molecule has 0 aliphatic heterocycles. The molecule has 1 aromatic heterocycles. The molecule has 0 radical (unpaired) electrons. The Hall–Kier alpha value is -1.02. The van der Waals surface area contributed by atoms with Gasteiger partial charge in [-0.05, 0) is 31.2 Å². The Labute approximate surface area is 60.8 Å². The van der Waals surface area contributed by atoms with Crippen molar-refractivity contribution in [1.29, 1.82) is 0 Å². The minimum absolute atomic E-state index is 0.719. The number of aromatic nitrogens is 1. The number of H-pyrrole nitrogens is 1. The van der Waals surface area contributed by atoms with E-state index in [4.69, 9.17) is 5.73 Å². The number of hydrogen-bond acceptors (Lipinski definition) is 1. The summed E-state index contributed by atoms with van der Waals surface area (Å²) in [4.78, 5) is 3.07. The van der Waals surface area contributed by atoms with Crippen LogP contribution in [0.25, 0.3) is 6.08 Å². The zero-order valence-electron chi connectivity index (χ0n) is 5.88. The highest BCUT2D eigenvalue weighted by Crippen LogP contribution is 1.97. The van der Waals surface area contributed by atoms with Crippen LogP contribution in [0, 0.1) is 0 Å². The van der Waals surface area contributed by atoms with E-state index >= 15 is 0 Å². The molecule has 1 heterocycles. The predicted molar refractivity (Wildman–Crippen MR) is 43.5 cm³/mol. The third-order valence-corrected chi connectivity index (χ3v) is 1.25. The zero-order chi connectivity index (χ0) is 7.23. The first-order valence-corrected chi connectivity index (χ1v) is 3.43. The molecule has 0 fully saturated rings. The van der Waals surface area contributed by atoms with Gasteiger partial charge in [-0.15, -0.1) is 0 Å². The van der Waals surface area contributed by atoms with Crippen molar-refractivity contribution in [2.75, 3.05) is 6.54 Å². The van der Waals surface area contributed by atoms with E-state index in [0.29, 0.717) is 0 Å². The van der Waals surface area contributed by atoms with Crippen LogP contribution in [0.2, 0.25) is 0 Å². The number of nitrogens with two attached hydrogens (primary N) is 1. The molecule has 0 bridgehead atoms. The van der Waals surface area contributed by atoms with Gasteiger partial charge in [0.25, 0.3) is 0 Å². The number of rotatable bonds is 3. The minimum Gasteiger partial charge on any atom is -0.362 e. The fourth-order valence-corrected chi connectivity index (χ4v) is 0.754. The van der Waals surface area contributed by atoms with Gasteiger partial charge in [0.15, 0.2) is 0 Å². The molecule has 1 rings (SSSR count). The van der Waals surface area contributed by atoms with E-state index in [-0.39, 0.29) is 0 Å². The van der Waals surface area contributed by atoms with Crippen LogP contribution in [-0.4, -0.2) is 11.5 Å². The van der Waals surface area contributed by atoms with Gasteiger partial charge in [0.2, 0.25) is 0 Å². The largest absolute Gasteiger partial charge is 0.362 e. The summed E-state index contributed by atoms with van der Waals surface area (Å²) in [6, 6.07) is 4.00. The molecule has 0 saturated carbocycles. The predicted octanol–water partition coefficient (Wildman–Crippen LogP) is 1.38. The standard InChI is InChI=1S/C8H12N2/c9-6-2-1-4-8-5-3-7-10-8/h1,3-5,7,10H,2,6,9H2/b4-1+. The molecule has 10 heavy (non-hydrogen) atoms. The molecule has 0 saturated heterocycles. The highest BCUT2D eigenvalue weighted by Gasteiger charge is 1.81. The molecular formula is C8H12N2. The molecule has 0 amide bonds. The minimum atomic E-state index is 0.719. The molecule has 0 atom stereocenters. The number of aromatic amines is 1. The molecule has 3 N–H and O–H groups in total. The van der Waals surface area contributed by atoms with E-state index in [1.54, 1.807) is 0 Å². The fraction of sp³-hybridized carbons (Fsp3) is 0.250. The van der Waals surface area contributed by atoms with Crippen molar-refractivity contribution in [3.63, 3.8) is 0 Å².